The molecule has 0 spiro atoms. The molecule has 3 nitrogen and oxygen atoms in total. The molecule has 20 heavy (non-hydrogen) atoms. The van der Waals surface area contributed by atoms with E-state index in [0.717, 1.165) is 38.6 Å². The summed E-state index contributed by atoms with van der Waals surface area (Å²) in [5.74, 6) is 0.793. The number of ether oxygens (including phenoxy) is 1. The summed E-state index contributed by atoms with van der Waals surface area (Å²) in [7, 11) is 0. The first-order valence-corrected chi connectivity index (χ1v) is 8.59. The van der Waals surface area contributed by atoms with Gasteiger partial charge in [-0.3, -0.25) is 4.79 Å². The minimum absolute atomic E-state index is 0.211. The number of likely N-dealkylation sites (tertiary alicyclic amines) is 1. The van der Waals surface area contributed by atoms with Crippen LogP contribution < -0.4 is 0 Å². The Morgan fingerprint density at radius 3 is 2.40 bits per heavy atom. The Labute approximate surface area is 124 Å². The van der Waals surface area contributed by atoms with Crippen molar-refractivity contribution < 1.29 is 9.53 Å². The fourth-order valence-electron chi connectivity index (χ4n) is 3.69. The minimum Gasteiger partial charge on any atom is -0.365 e. The van der Waals surface area contributed by atoms with Gasteiger partial charge in [-0.25, -0.2) is 0 Å². The van der Waals surface area contributed by atoms with Crippen molar-refractivity contribution in [3.63, 3.8) is 0 Å². The van der Waals surface area contributed by atoms with Gasteiger partial charge in [0, 0.05) is 12.6 Å². The van der Waals surface area contributed by atoms with E-state index in [0.29, 0.717) is 18.1 Å². The van der Waals surface area contributed by atoms with Gasteiger partial charge in [-0.15, -0.1) is 0 Å². The molecule has 2 atom stereocenters. The summed E-state index contributed by atoms with van der Waals surface area (Å²) < 4.78 is 6.11. The van der Waals surface area contributed by atoms with Crippen molar-refractivity contribution in [3.8, 4) is 0 Å². The Hall–Kier alpha value is -0.570. The monoisotopic (exact) mass is 281 g/mol. The molecule has 2 aliphatic rings. The molecule has 3 heteroatoms. The van der Waals surface area contributed by atoms with Crippen molar-refractivity contribution >= 4 is 5.91 Å². The molecule has 1 aliphatic heterocycles. The number of nitrogens with zero attached hydrogens (tertiary/aromatic N) is 1. The summed E-state index contributed by atoms with van der Waals surface area (Å²) in [6.45, 7) is 7.46. The van der Waals surface area contributed by atoms with Gasteiger partial charge in [0.1, 0.15) is 6.10 Å². The highest BCUT2D eigenvalue weighted by molar-refractivity contribution is 5.81. The second-order valence-corrected chi connectivity index (χ2v) is 6.78. The molecule has 1 saturated heterocycles. The molecule has 1 saturated carbocycles. The Morgan fingerprint density at radius 2 is 1.80 bits per heavy atom. The van der Waals surface area contributed by atoms with Crippen LogP contribution in [-0.2, 0) is 9.53 Å². The van der Waals surface area contributed by atoms with Crippen LogP contribution in [0.3, 0.4) is 0 Å². The molecule has 0 bridgehead atoms. The zero-order valence-corrected chi connectivity index (χ0v) is 13.4. The van der Waals surface area contributed by atoms with E-state index in [-0.39, 0.29) is 12.0 Å². The smallest absolute Gasteiger partial charge is 0.251 e. The number of hydrogen-bond donors (Lipinski definition) is 0. The first kappa shape index (κ1) is 15.8. The molecular weight excluding hydrogens is 250 g/mol. The van der Waals surface area contributed by atoms with Crippen molar-refractivity contribution in [1.29, 1.82) is 0 Å². The molecule has 116 valence electrons. The van der Waals surface area contributed by atoms with Crippen LogP contribution in [0, 0.1) is 5.92 Å². The first-order chi connectivity index (χ1) is 9.63. The van der Waals surface area contributed by atoms with E-state index >= 15 is 0 Å². The van der Waals surface area contributed by atoms with Gasteiger partial charge < -0.3 is 9.64 Å². The summed E-state index contributed by atoms with van der Waals surface area (Å²) in [6.07, 6.45) is 9.26. The van der Waals surface area contributed by atoms with Crippen LogP contribution in [0.4, 0.5) is 0 Å². The highest BCUT2D eigenvalue weighted by Crippen LogP contribution is 2.27. The van der Waals surface area contributed by atoms with Gasteiger partial charge in [-0.05, 0) is 44.4 Å². The number of amides is 1. The van der Waals surface area contributed by atoms with Gasteiger partial charge >= 0.3 is 0 Å². The van der Waals surface area contributed by atoms with E-state index in [4.69, 9.17) is 4.74 Å². The Bertz CT molecular complexity index is 310. The van der Waals surface area contributed by atoms with Crippen LogP contribution in [0.5, 0.6) is 0 Å². The lowest BCUT2D eigenvalue weighted by Crippen LogP contribution is -2.51. The zero-order chi connectivity index (χ0) is 14.5. The minimum atomic E-state index is -0.211. The predicted molar refractivity (Wildman–Crippen MR) is 81.6 cm³/mol. The maximum Gasteiger partial charge on any atom is 0.251 e. The fourth-order valence-corrected chi connectivity index (χ4v) is 3.69. The largest absolute Gasteiger partial charge is 0.365 e. The second-order valence-electron chi connectivity index (χ2n) is 6.78. The zero-order valence-electron chi connectivity index (χ0n) is 13.4. The third-order valence-electron chi connectivity index (χ3n) is 4.91. The maximum absolute atomic E-state index is 12.8. The van der Waals surface area contributed by atoms with E-state index in [2.05, 4.69) is 25.7 Å². The van der Waals surface area contributed by atoms with E-state index in [1.807, 2.05) is 0 Å². The van der Waals surface area contributed by atoms with Gasteiger partial charge in [0.25, 0.3) is 5.91 Å². The summed E-state index contributed by atoms with van der Waals surface area (Å²) in [4.78, 5) is 15.0. The van der Waals surface area contributed by atoms with Gasteiger partial charge in [0.15, 0.2) is 0 Å². The molecule has 1 heterocycles. The third-order valence-corrected chi connectivity index (χ3v) is 4.91. The van der Waals surface area contributed by atoms with Crippen LogP contribution in [0.2, 0.25) is 0 Å². The molecule has 0 aromatic carbocycles. The quantitative estimate of drug-likeness (QED) is 0.768. The van der Waals surface area contributed by atoms with Crippen LogP contribution >= 0.6 is 0 Å². The normalized spacial score (nSPS) is 26.2. The van der Waals surface area contributed by atoms with Gasteiger partial charge in [0.05, 0.1) is 6.10 Å². The van der Waals surface area contributed by atoms with Crippen LogP contribution in [0.1, 0.15) is 72.1 Å². The van der Waals surface area contributed by atoms with E-state index in [9.17, 15) is 4.79 Å². The molecule has 0 aromatic heterocycles. The van der Waals surface area contributed by atoms with Crippen molar-refractivity contribution in [2.45, 2.75) is 90.4 Å². The molecular formula is C17H31NO2. The van der Waals surface area contributed by atoms with Crippen molar-refractivity contribution in [2.75, 3.05) is 6.54 Å². The second kappa shape index (κ2) is 7.44. The molecule has 0 radical (unpaired) electrons. The molecule has 1 amide bonds. The lowest BCUT2D eigenvalue weighted by Gasteiger charge is -2.40. The van der Waals surface area contributed by atoms with Crippen LogP contribution in [-0.4, -0.2) is 35.6 Å². The molecule has 0 aromatic rings. The Morgan fingerprint density at radius 1 is 1.15 bits per heavy atom. The summed E-state index contributed by atoms with van der Waals surface area (Å²) in [5, 5.41) is 0. The standard InChI is InChI=1S/C17H31NO2/c1-4-16(20-14-9-5-6-10-14)17(19)18-12-8-7-11-15(18)13(2)3/h13-16H,4-12H2,1-3H3/t15-,16-/m1/s1. The van der Waals surface area contributed by atoms with Crippen molar-refractivity contribution in [2.24, 2.45) is 5.92 Å². The lowest BCUT2D eigenvalue weighted by molar-refractivity contribution is -0.152. The Balaban J connectivity index is 1.98. The molecule has 2 fully saturated rings. The average molecular weight is 281 g/mol. The average Bonchev–Trinajstić information content (AvgIpc) is 2.97. The van der Waals surface area contributed by atoms with E-state index < -0.39 is 0 Å². The molecule has 0 N–H and O–H groups in total. The van der Waals surface area contributed by atoms with E-state index in [1.54, 1.807) is 0 Å². The van der Waals surface area contributed by atoms with E-state index in [1.165, 1.54) is 19.3 Å². The molecule has 2 rings (SSSR count). The highest BCUT2D eigenvalue weighted by Gasteiger charge is 2.34. The van der Waals surface area contributed by atoms with Crippen LogP contribution in [0.25, 0.3) is 0 Å². The van der Waals surface area contributed by atoms with Gasteiger partial charge in [-0.1, -0.05) is 33.6 Å². The summed E-state index contributed by atoms with van der Waals surface area (Å²) in [5.41, 5.74) is 0. The highest BCUT2D eigenvalue weighted by atomic mass is 16.5. The Kier molecular flexibility index (Phi) is 5.88. The summed E-state index contributed by atoms with van der Waals surface area (Å²) >= 11 is 0. The van der Waals surface area contributed by atoms with Gasteiger partial charge in [0.2, 0.25) is 0 Å². The number of carbonyl (C=O) groups excluding carboxylic acids is 1. The molecule has 0 unspecified atom stereocenters. The summed E-state index contributed by atoms with van der Waals surface area (Å²) in [6, 6.07) is 0.414. The van der Waals surface area contributed by atoms with Crippen molar-refractivity contribution in [1.82, 2.24) is 4.90 Å². The predicted octanol–water partition coefficient (Wildman–Crippen LogP) is 3.76. The fraction of sp³-hybridized carbons (Fsp3) is 0.941. The third kappa shape index (κ3) is 3.75. The number of hydrogen-bond acceptors (Lipinski definition) is 2. The lowest BCUT2D eigenvalue weighted by atomic mass is 9.92. The topological polar surface area (TPSA) is 29.5 Å². The maximum atomic E-state index is 12.8. The SMILES string of the molecule is CC[C@@H](OC1CCCC1)C(=O)N1CCCC[C@@H]1C(C)C. The van der Waals surface area contributed by atoms with Gasteiger partial charge in [-0.2, -0.15) is 0 Å². The van der Waals surface area contributed by atoms with Crippen molar-refractivity contribution in [3.05, 3.63) is 0 Å². The molecule has 1 aliphatic carbocycles. The van der Waals surface area contributed by atoms with Crippen LogP contribution in [0.15, 0.2) is 0 Å². The number of piperidine rings is 1. The number of carbonyl (C=O) groups is 1. The number of rotatable bonds is 5. The first-order valence-electron chi connectivity index (χ1n) is 8.59.